The maximum Gasteiger partial charge on any atom is 0.319 e. The van der Waals surface area contributed by atoms with Gasteiger partial charge in [-0.3, -0.25) is 4.79 Å². The Labute approximate surface area is 78.6 Å². The molecule has 0 radical (unpaired) electrons. The summed E-state index contributed by atoms with van der Waals surface area (Å²) < 4.78 is 10.1. The van der Waals surface area contributed by atoms with Crippen LogP contribution in [0.3, 0.4) is 0 Å². The summed E-state index contributed by atoms with van der Waals surface area (Å²) in [5, 5.41) is 3.01. The molecule has 1 atom stereocenters. The number of hydrogen-bond donors (Lipinski definition) is 1. The molecule has 1 N–H and O–H groups in total. The molecule has 0 aromatic heterocycles. The highest BCUT2D eigenvalue weighted by Crippen LogP contribution is 2.10. The molecule has 0 saturated carbocycles. The Bertz CT molecular complexity index is 155. The molecule has 0 aromatic carbocycles. The largest absolute Gasteiger partial charge is 0.465 e. The first kappa shape index (κ1) is 10.5. The summed E-state index contributed by atoms with van der Waals surface area (Å²) in [6, 6.07) is 0. The number of rotatable bonds is 5. The van der Waals surface area contributed by atoms with Gasteiger partial charge in [0.2, 0.25) is 0 Å². The van der Waals surface area contributed by atoms with Gasteiger partial charge in [-0.25, -0.2) is 0 Å². The molecule has 1 unspecified atom stereocenters. The summed E-state index contributed by atoms with van der Waals surface area (Å²) in [6.45, 7) is 4.14. The van der Waals surface area contributed by atoms with Gasteiger partial charge in [-0.2, -0.15) is 0 Å². The molecule has 0 amide bonds. The minimum absolute atomic E-state index is 0.194. The van der Waals surface area contributed by atoms with Crippen LogP contribution in [0.1, 0.15) is 19.8 Å². The highest BCUT2D eigenvalue weighted by Gasteiger charge is 2.14. The van der Waals surface area contributed by atoms with E-state index in [-0.39, 0.29) is 18.6 Å². The highest BCUT2D eigenvalue weighted by atomic mass is 16.5. The summed E-state index contributed by atoms with van der Waals surface area (Å²) in [5.74, 6) is -0.194. The predicted octanol–water partition coefficient (Wildman–Crippen LogP) is 0.318. The standard InChI is InChI=1S/C9H17NO3/c1-2-12-9(11)7-10-6-8-4-3-5-13-8/h8,10H,2-7H2,1H3. The molecule has 1 fully saturated rings. The van der Waals surface area contributed by atoms with Gasteiger partial charge in [0.05, 0.1) is 19.3 Å². The average molecular weight is 187 g/mol. The van der Waals surface area contributed by atoms with Crippen molar-refractivity contribution < 1.29 is 14.3 Å². The smallest absolute Gasteiger partial charge is 0.319 e. The van der Waals surface area contributed by atoms with Gasteiger partial charge in [0.25, 0.3) is 0 Å². The van der Waals surface area contributed by atoms with Crippen molar-refractivity contribution in [3.8, 4) is 0 Å². The van der Waals surface area contributed by atoms with E-state index in [0.29, 0.717) is 6.61 Å². The Morgan fingerprint density at radius 3 is 3.15 bits per heavy atom. The van der Waals surface area contributed by atoms with E-state index in [1.807, 2.05) is 0 Å². The van der Waals surface area contributed by atoms with Crippen LogP contribution in [0.4, 0.5) is 0 Å². The van der Waals surface area contributed by atoms with Gasteiger partial charge in [0.15, 0.2) is 0 Å². The lowest BCUT2D eigenvalue weighted by molar-refractivity contribution is -0.142. The Morgan fingerprint density at radius 1 is 1.69 bits per heavy atom. The molecule has 0 aliphatic carbocycles. The molecule has 1 aliphatic rings. The summed E-state index contributed by atoms with van der Waals surface area (Å²) in [7, 11) is 0. The van der Waals surface area contributed by atoms with Crippen molar-refractivity contribution in [2.45, 2.75) is 25.9 Å². The van der Waals surface area contributed by atoms with Gasteiger partial charge in [0.1, 0.15) is 0 Å². The maximum atomic E-state index is 10.9. The summed E-state index contributed by atoms with van der Waals surface area (Å²) in [5.41, 5.74) is 0. The van der Waals surface area contributed by atoms with Crippen LogP contribution in [0.5, 0.6) is 0 Å². The van der Waals surface area contributed by atoms with Crippen LogP contribution in [-0.2, 0) is 14.3 Å². The Morgan fingerprint density at radius 2 is 2.54 bits per heavy atom. The first-order valence-electron chi connectivity index (χ1n) is 4.81. The summed E-state index contributed by atoms with van der Waals surface area (Å²) in [6.07, 6.45) is 2.51. The van der Waals surface area contributed by atoms with Crippen LogP contribution in [0.2, 0.25) is 0 Å². The van der Waals surface area contributed by atoms with Gasteiger partial charge in [-0.05, 0) is 19.8 Å². The van der Waals surface area contributed by atoms with E-state index in [1.165, 1.54) is 0 Å². The molecule has 0 aromatic rings. The molecular formula is C9H17NO3. The van der Waals surface area contributed by atoms with Crippen molar-refractivity contribution >= 4 is 5.97 Å². The molecular weight excluding hydrogens is 170 g/mol. The number of nitrogens with one attached hydrogen (secondary N) is 1. The third-order valence-electron chi connectivity index (χ3n) is 1.97. The lowest BCUT2D eigenvalue weighted by atomic mass is 10.2. The third-order valence-corrected chi connectivity index (χ3v) is 1.97. The van der Waals surface area contributed by atoms with E-state index in [9.17, 15) is 4.79 Å². The molecule has 4 nitrogen and oxygen atoms in total. The topological polar surface area (TPSA) is 47.6 Å². The number of ether oxygens (including phenoxy) is 2. The number of carbonyl (C=O) groups excluding carboxylic acids is 1. The van der Waals surface area contributed by atoms with E-state index in [1.54, 1.807) is 6.92 Å². The molecule has 1 rings (SSSR count). The fourth-order valence-corrected chi connectivity index (χ4v) is 1.35. The van der Waals surface area contributed by atoms with Gasteiger partial charge < -0.3 is 14.8 Å². The minimum atomic E-state index is -0.194. The molecule has 13 heavy (non-hydrogen) atoms. The zero-order valence-electron chi connectivity index (χ0n) is 8.04. The zero-order valence-corrected chi connectivity index (χ0v) is 8.04. The summed E-state index contributed by atoms with van der Waals surface area (Å²) >= 11 is 0. The lowest BCUT2D eigenvalue weighted by Crippen LogP contribution is -2.31. The number of carbonyl (C=O) groups is 1. The SMILES string of the molecule is CCOC(=O)CNCC1CCCO1. The maximum absolute atomic E-state index is 10.9. The fraction of sp³-hybridized carbons (Fsp3) is 0.889. The van der Waals surface area contributed by atoms with Crippen molar-refractivity contribution in [1.29, 1.82) is 0 Å². The minimum Gasteiger partial charge on any atom is -0.465 e. The average Bonchev–Trinajstić information content (AvgIpc) is 2.57. The Balaban J connectivity index is 1.96. The molecule has 1 saturated heterocycles. The van der Waals surface area contributed by atoms with Crippen LogP contribution in [-0.4, -0.2) is 38.4 Å². The molecule has 0 spiro atoms. The van der Waals surface area contributed by atoms with Crippen LogP contribution < -0.4 is 5.32 Å². The predicted molar refractivity (Wildman–Crippen MR) is 48.5 cm³/mol. The molecule has 1 heterocycles. The Hall–Kier alpha value is -0.610. The zero-order chi connectivity index (χ0) is 9.52. The second-order valence-electron chi connectivity index (χ2n) is 3.07. The first-order chi connectivity index (χ1) is 6.33. The van der Waals surface area contributed by atoms with Crippen LogP contribution >= 0.6 is 0 Å². The Kier molecular flexibility index (Phi) is 4.78. The van der Waals surface area contributed by atoms with Gasteiger partial charge in [-0.1, -0.05) is 0 Å². The second-order valence-corrected chi connectivity index (χ2v) is 3.07. The monoisotopic (exact) mass is 187 g/mol. The molecule has 76 valence electrons. The van der Waals surface area contributed by atoms with E-state index >= 15 is 0 Å². The van der Waals surface area contributed by atoms with Crippen LogP contribution in [0.15, 0.2) is 0 Å². The number of esters is 1. The normalized spacial score (nSPS) is 21.8. The van der Waals surface area contributed by atoms with E-state index < -0.39 is 0 Å². The van der Waals surface area contributed by atoms with E-state index in [0.717, 1.165) is 26.0 Å². The van der Waals surface area contributed by atoms with Crippen molar-refractivity contribution in [3.05, 3.63) is 0 Å². The van der Waals surface area contributed by atoms with Crippen molar-refractivity contribution in [2.75, 3.05) is 26.3 Å². The number of hydrogen-bond acceptors (Lipinski definition) is 4. The van der Waals surface area contributed by atoms with Crippen molar-refractivity contribution in [1.82, 2.24) is 5.32 Å². The van der Waals surface area contributed by atoms with Crippen LogP contribution in [0, 0.1) is 0 Å². The van der Waals surface area contributed by atoms with Crippen molar-refractivity contribution in [2.24, 2.45) is 0 Å². The van der Waals surface area contributed by atoms with Gasteiger partial charge >= 0.3 is 5.97 Å². The third kappa shape index (κ3) is 4.24. The van der Waals surface area contributed by atoms with Crippen LogP contribution in [0.25, 0.3) is 0 Å². The van der Waals surface area contributed by atoms with Gasteiger partial charge in [-0.15, -0.1) is 0 Å². The fourth-order valence-electron chi connectivity index (χ4n) is 1.35. The van der Waals surface area contributed by atoms with E-state index in [4.69, 9.17) is 9.47 Å². The lowest BCUT2D eigenvalue weighted by Gasteiger charge is -2.09. The van der Waals surface area contributed by atoms with E-state index in [2.05, 4.69) is 5.32 Å². The van der Waals surface area contributed by atoms with Gasteiger partial charge in [0, 0.05) is 13.2 Å². The first-order valence-corrected chi connectivity index (χ1v) is 4.81. The molecule has 4 heteroatoms. The van der Waals surface area contributed by atoms with Crippen molar-refractivity contribution in [3.63, 3.8) is 0 Å². The second kappa shape index (κ2) is 5.94. The molecule has 0 bridgehead atoms. The quantitative estimate of drug-likeness (QED) is 0.630. The summed E-state index contributed by atoms with van der Waals surface area (Å²) in [4.78, 5) is 10.9. The molecule has 1 aliphatic heterocycles. The highest BCUT2D eigenvalue weighted by molar-refractivity contribution is 5.71.